The molecule has 4 rings (SSSR count). The molecule has 6 nitrogen and oxygen atoms in total. The molecular weight excluding hydrogens is 499 g/mol. The maximum absolute atomic E-state index is 14.2. The summed E-state index contributed by atoms with van der Waals surface area (Å²) in [6.45, 7) is 4.63. The predicted octanol–water partition coefficient (Wildman–Crippen LogP) is 5.49. The van der Waals surface area contributed by atoms with Crippen molar-refractivity contribution in [3.63, 3.8) is 0 Å². The predicted molar refractivity (Wildman–Crippen MR) is 133 cm³/mol. The minimum Gasteiger partial charge on any atom is -0.465 e. The zero-order valence-corrected chi connectivity index (χ0v) is 21.3. The summed E-state index contributed by atoms with van der Waals surface area (Å²) in [6.07, 6.45) is -3.99. The van der Waals surface area contributed by atoms with Gasteiger partial charge in [0.25, 0.3) is 0 Å². The number of alkyl halides is 3. The van der Waals surface area contributed by atoms with E-state index in [1.807, 2.05) is 12.1 Å². The molecule has 0 saturated carbocycles. The number of allylic oxidation sites excluding steroid dienone is 2. The number of hydrogen-bond donors (Lipinski definition) is 1. The molecule has 2 atom stereocenters. The Bertz CT molecular complexity index is 1340. The molecule has 2 aromatic carbocycles. The lowest BCUT2D eigenvalue weighted by Crippen LogP contribution is -2.42. The molecule has 0 radical (unpaired) electrons. The topological polar surface area (TPSA) is 81.7 Å². The van der Waals surface area contributed by atoms with E-state index < -0.39 is 35.5 Å². The molecule has 1 heterocycles. The molecule has 38 heavy (non-hydrogen) atoms. The van der Waals surface area contributed by atoms with E-state index in [0.717, 1.165) is 11.6 Å². The Morgan fingerprint density at radius 1 is 0.974 bits per heavy atom. The first-order valence-corrected chi connectivity index (χ1v) is 12.4. The standard InChI is InChI=1S/C29H28F3NO5/c1-4-37-27(35)22-16(3)33-25(20-15-14-17-10-6-7-11-18(17)26(20)34)24(28(36)38-5-2)23(22)19-12-8-9-13-21(19)29(30,31)32/h6-13,23-24,33H,4-5,14-15H2,1-3H3/b25-20-/t23-,24+/m1/s1. The van der Waals surface area contributed by atoms with E-state index >= 15 is 0 Å². The van der Waals surface area contributed by atoms with Gasteiger partial charge in [0.05, 0.1) is 24.4 Å². The number of aryl methyl sites for hydroxylation is 1. The summed E-state index contributed by atoms with van der Waals surface area (Å²) >= 11 is 0. The van der Waals surface area contributed by atoms with Crippen LogP contribution in [0.15, 0.2) is 71.1 Å². The highest BCUT2D eigenvalue weighted by Gasteiger charge is 2.48. The first kappa shape index (κ1) is 27.2. The highest BCUT2D eigenvalue weighted by atomic mass is 19.4. The summed E-state index contributed by atoms with van der Waals surface area (Å²) < 4.78 is 53.1. The van der Waals surface area contributed by atoms with Crippen molar-refractivity contribution in [1.82, 2.24) is 5.32 Å². The van der Waals surface area contributed by atoms with Gasteiger partial charge in [0.15, 0.2) is 5.78 Å². The average Bonchev–Trinajstić information content (AvgIpc) is 2.88. The zero-order chi connectivity index (χ0) is 27.6. The minimum atomic E-state index is -4.76. The van der Waals surface area contributed by atoms with Crippen molar-refractivity contribution in [3.8, 4) is 0 Å². The molecule has 2 aromatic rings. The minimum absolute atomic E-state index is 0.0173. The molecule has 0 fully saturated rings. The number of fused-ring (bicyclic) bond motifs is 1. The second kappa shape index (κ2) is 10.8. The number of carbonyl (C=O) groups excluding carboxylic acids is 3. The van der Waals surface area contributed by atoms with Gasteiger partial charge in [0.1, 0.15) is 5.92 Å². The molecule has 0 spiro atoms. The molecular formula is C29H28F3NO5. The van der Waals surface area contributed by atoms with E-state index in [2.05, 4.69) is 5.32 Å². The third-order valence-corrected chi connectivity index (χ3v) is 6.82. The quantitative estimate of drug-likeness (QED) is 0.409. The zero-order valence-electron chi connectivity index (χ0n) is 21.3. The van der Waals surface area contributed by atoms with Gasteiger partial charge in [-0.25, -0.2) is 4.79 Å². The lowest BCUT2D eigenvalue weighted by atomic mass is 9.71. The Balaban J connectivity index is 2.02. The van der Waals surface area contributed by atoms with E-state index in [0.29, 0.717) is 12.0 Å². The van der Waals surface area contributed by atoms with Gasteiger partial charge < -0.3 is 14.8 Å². The van der Waals surface area contributed by atoms with Crippen LogP contribution in [0.3, 0.4) is 0 Å². The molecule has 9 heteroatoms. The van der Waals surface area contributed by atoms with Crippen molar-refractivity contribution in [1.29, 1.82) is 0 Å². The Hall–Kier alpha value is -3.88. The number of Topliss-reactive ketones (excluding diaryl/α,β-unsaturated/α-hetero) is 1. The van der Waals surface area contributed by atoms with Crippen LogP contribution in [-0.2, 0) is 31.7 Å². The second-order valence-electron chi connectivity index (χ2n) is 9.06. The Kier molecular flexibility index (Phi) is 7.76. The molecule has 1 N–H and O–H groups in total. The van der Waals surface area contributed by atoms with Crippen LogP contribution >= 0.6 is 0 Å². The number of benzene rings is 2. The number of rotatable bonds is 5. The number of esters is 2. The van der Waals surface area contributed by atoms with Gasteiger partial charge in [-0.05, 0) is 50.8 Å². The van der Waals surface area contributed by atoms with Crippen LogP contribution < -0.4 is 5.32 Å². The van der Waals surface area contributed by atoms with Crippen LogP contribution in [0.2, 0.25) is 0 Å². The Labute approximate surface area is 218 Å². The number of ether oxygens (including phenoxy) is 2. The summed E-state index contributed by atoms with van der Waals surface area (Å²) in [4.78, 5) is 40.3. The Morgan fingerprint density at radius 2 is 1.63 bits per heavy atom. The van der Waals surface area contributed by atoms with Gasteiger partial charge >= 0.3 is 18.1 Å². The van der Waals surface area contributed by atoms with Crippen LogP contribution in [0.5, 0.6) is 0 Å². The molecule has 0 saturated heterocycles. The number of hydrogen-bond acceptors (Lipinski definition) is 6. The Morgan fingerprint density at radius 3 is 2.32 bits per heavy atom. The molecule has 0 aromatic heterocycles. The van der Waals surface area contributed by atoms with Crippen LogP contribution in [0.1, 0.15) is 60.2 Å². The molecule has 1 aliphatic carbocycles. The summed E-state index contributed by atoms with van der Waals surface area (Å²) in [5.74, 6) is -4.83. The number of carbonyl (C=O) groups is 3. The number of nitrogens with one attached hydrogen (secondary N) is 1. The van der Waals surface area contributed by atoms with E-state index in [4.69, 9.17) is 9.47 Å². The van der Waals surface area contributed by atoms with Crippen molar-refractivity contribution >= 4 is 17.7 Å². The molecule has 2 aliphatic rings. The third-order valence-electron chi connectivity index (χ3n) is 6.82. The molecule has 1 aliphatic heterocycles. The SMILES string of the molecule is CCOC(=O)C1=C(C)N/C(=C2/CCc3ccccc3C2=O)[C@@H](C(=O)OCC)[C@@H]1c1ccccc1C(F)(F)F. The maximum atomic E-state index is 14.2. The lowest BCUT2D eigenvalue weighted by molar-refractivity contribution is -0.149. The van der Waals surface area contributed by atoms with E-state index in [9.17, 15) is 27.6 Å². The van der Waals surface area contributed by atoms with Crippen molar-refractivity contribution in [2.45, 2.75) is 45.7 Å². The average molecular weight is 528 g/mol. The number of halogens is 3. The molecule has 200 valence electrons. The monoisotopic (exact) mass is 527 g/mol. The summed E-state index contributed by atoms with van der Waals surface area (Å²) in [5.41, 5.74) is 0.576. The van der Waals surface area contributed by atoms with Gasteiger partial charge in [0.2, 0.25) is 0 Å². The fraction of sp³-hybridized carbons (Fsp3) is 0.345. The van der Waals surface area contributed by atoms with Gasteiger partial charge in [-0.1, -0.05) is 42.5 Å². The maximum Gasteiger partial charge on any atom is 0.416 e. The van der Waals surface area contributed by atoms with Gasteiger partial charge in [-0.3, -0.25) is 9.59 Å². The van der Waals surface area contributed by atoms with E-state index in [1.165, 1.54) is 25.1 Å². The molecule has 0 unspecified atom stereocenters. The van der Waals surface area contributed by atoms with Crippen LogP contribution in [0, 0.1) is 5.92 Å². The van der Waals surface area contributed by atoms with Crippen molar-refractivity contribution in [2.24, 2.45) is 5.92 Å². The first-order chi connectivity index (χ1) is 18.1. The third kappa shape index (κ3) is 4.97. The summed E-state index contributed by atoms with van der Waals surface area (Å²) in [6, 6.07) is 11.9. The fourth-order valence-corrected chi connectivity index (χ4v) is 5.27. The van der Waals surface area contributed by atoms with E-state index in [-0.39, 0.29) is 53.5 Å². The largest absolute Gasteiger partial charge is 0.465 e. The highest BCUT2D eigenvalue weighted by Crippen LogP contribution is 2.47. The molecule has 0 amide bonds. The van der Waals surface area contributed by atoms with Crippen molar-refractivity contribution in [3.05, 3.63) is 93.3 Å². The van der Waals surface area contributed by atoms with Crippen LogP contribution in [0.25, 0.3) is 0 Å². The van der Waals surface area contributed by atoms with Crippen molar-refractivity contribution < 1.29 is 37.0 Å². The van der Waals surface area contributed by atoms with Crippen LogP contribution in [0.4, 0.5) is 13.2 Å². The van der Waals surface area contributed by atoms with Gasteiger partial charge in [-0.2, -0.15) is 13.2 Å². The van der Waals surface area contributed by atoms with Gasteiger partial charge in [0, 0.05) is 28.4 Å². The summed E-state index contributed by atoms with van der Waals surface area (Å²) in [5, 5.41) is 3.04. The molecule has 0 bridgehead atoms. The number of ketones is 1. The van der Waals surface area contributed by atoms with Gasteiger partial charge in [-0.15, -0.1) is 0 Å². The smallest absolute Gasteiger partial charge is 0.416 e. The first-order valence-electron chi connectivity index (χ1n) is 12.4. The summed E-state index contributed by atoms with van der Waals surface area (Å²) in [7, 11) is 0. The second-order valence-corrected chi connectivity index (χ2v) is 9.06. The highest BCUT2D eigenvalue weighted by molar-refractivity contribution is 6.11. The fourth-order valence-electron chi connectivity index (χ4n) is 5.27. The lowest BCUT2D eigenvalue weighted by Gasteiger charge is -2.38. The van der Waals surface area contributed by atoms with Crippen molar-refractivity contribution in [2.75, 3.05) is 13.2 Å². The normalized spacial score (nSPS) is 21.5. The van der Waals surface area contributed by atoms with E-state index in [1.54, 1.807) is 26.0 Å². The van der Waals surface area contributed by atoms with Crippen LogP contribution in [-0.4, -0.2) is 30.9 Å².